The third-order valence-corrected chi connectivity index (χ3v) is 7.47. The first-order valence-corrected chi connectivity index (χ1v) is 11.9. The molecule has 2 aliphatic rings. The molecule has 2 aromatic carbocycles. The highest BCUT2D eigenvalue weighted by Gasteiger charge is 2.54. The monoisotopic (exact) mass is 468 g/mol. The van der Waals surface area contributed by atoms with E-state index in [4.69, 9.17) is 18.9 Å². The molecule has 182 valence electrons. The summed E-state index contributed by atoms with van der Waals surface area (Å²) in [6.45, 7) is 4.30. The Labute approximate surface area is 200 Å². The Bertz CT molecular complexity index is 1080. The van der Waals surface area contributed by atoms with Crippen molar-refractivity contribution in [3.63, 3.8) is 0 Å². The minimum absolute atomic E-state index is 0.0477. The Morgan fingerprint density at radius 3 is 2.29 bits per heavy atom. The molecule has 4 rings (SSSR count). The van der Waals surface area contributed by atoms with Crippen molar-refractivity contribution in [3.05, 3.63) is 41.5 Å². The van der Waals surface area contributed by atoms with Gasteiger partial charge in [-0.15, -0.1) is 0 Å². The van der Waals surface area contributed by atoms with E-state index in [1.165, 1.54) is 0 Å². The van der Waals surface area contributed by atoms with Crippen LogP contribution in [0.25, 0.3) is 11.1 Å². The van der Waals surface area contributed by atoms with E-state index in [1.807, 2.05) is 18.2 Å². The molecule has 0 amide bonds. The molecule has 0 spiro atoms. The van der Waals surface area contributed by atoms with Gasteiger partial charge in [-0.2, -0.15) is 0 Å². The summed E-state index contributed by atoms with van der Waals surface area (Å²) in [7, 11) is 3.09. The Hall–Kier alpha value is -3.22. The lowest BCUT2D eigenvalue weighted by Crippen LogP contribution is -2.53. The van der Waals surface area contributed by atoms with Gasteiger partial charge in [0.05, 0.1) is 19.8 Å². The average molecular weight is 469 g/mol. The number of hydrogen-bond donors (Lipinski definition) is 1. The second kappa shape index (κ2) is 9.57. The Morgan fingerprint density at radius 1 is 1.03 bits per heavy atom. The second-order valence-electron chi connectivity index (χ2n) is 9.02. The molecule has 1 saturated carbocycles. The van der Waals surface area contributed by atoms with Gasteiger partial charge in [-0.25, -0.2) is 4.79 Å². The minimum atomic E-state index is -0.945. The van der Waals surface area contributed by atoms with E-state index >= 15 is 0 Å². The molecule has 2 aromatic rings. The van der Waals surface area contributed by atoms with Crippen LogP contribution in [0.5, 0.6) is 17.2 Å². The summed E-state index contributed by atoms with van der Waals surface area (Å²) in [6, 6.07) is 9.13. The number of carbonyl (C=O) groups excluding carboxylic acids is 1. The Balaban J connectivity index is 1.91. The highest BCUT2D eigenvalue weighted by atomic mass is 16.5. The van der Waals surface area contributed by atoms with Gasteiger partial charge in [0.25, 0.3) is 0 Å². The summed E-state index contributed by atoms with van der Waals surface area (Å²) in [4.78, 5) is 24.7. The number of cyclic esters (lactones) is 1. The molecule has 0 saturated heterocycles. The molecular weight excluding hydrogens is 436 g/mol. The van der Waals surface area contributed by atoms with E-state index in [2.05, 4.69) is 13.8 Å². The molecule has 1 aliphatic carbocycles. The molecule has 34 heavy (non-hydrogen) atoms. The standard InChI is InChI=1S/C27H32O7/c1-5-16(6-2)24(27(26(29)30)13-8-14-27)34-22-18(11-12-21(31-3)23(22)32-4)17-9-7-10-19-20(17)15-33-25(19)28/h7,9-12,16,24H,5-6,8,13-15H2,1-4H3,(H,29,30). The van der Waals surface area contributed by atoms with Gasteiger partial charge in [0.2, 0.25) is 5.75 Å². The Kier molecular flexibility index (Phi) is 6.73. The average Bonchev–Trinajstić information content (AvgIpc) is 3.19. The topological polar surface area (TPSA) is 91.3 Å². The van der Waals surface area contributed by atoms with E-state index in [0.29, 0.717) is 41.2 Å². The van der Waals surface area contributed by atoms with Gasteiger partial charge in [0.15, 0.2) is 11.5 Å². The predicted octanol–water partition coefficient (Wildman–Crippen LogP) is 5.48. The lowest BCUT2D eigenvalue weighted by molar-refractivity contribution is -0.167. The van der Waals surface area contributed by atoms with Crippen LogP contribution in [0.15, 0.2) is 30.3 Å². The molecule has 1 atom stereocenters. The molecule has 7 heteroatoms. The number of hydrogen-bond acceptors (Lipinski definition) is 6. The van der Waals surface area contributed by atoms with Gasteiger partial charge in [0, 0.05) is 11.1 Å². The van der Waals surface area contributed by atoms with Crippen LogP contribution < -0.4 is 14.2 Å². The van der Waals surface area contributed by atoms with E-state index in [9.17, 15) is 14.7 Å². The van der Waals surface area contributed by atoms with Crippen LogP contribution in [-0.2, 0) is 16.1 Å². The van der Waals surface area contributed by atoms with Gasteiger partial charge in [-0.05, 0) is 55.4 Å². The lowest BCUT2D eigenvalue weighted by atomic mass is 9.61. The zero-order chi connectivity index (χ0) is 24.5. The van der Waals surface area contributed by atoms with Crippen LogP contribution >= 0.6 is 0 Å². The lowest BCUT2D eigenvalue weighted by Gasteiger charge is -2.46. The Morgan fingerprint density at radius 2 is 1.74 bits per heavy atom. The van der Waals surface area contributed by atoms with E-state index in [0.717, 1.165) is 30.4 Å². The van der Waals surface area contributed by atoms with Crippen molar-refractivity contribution in [2.45, 2.75) is 58.7 Å². The van der Waals surface area contributed by atoms with Crippen molar-refractivity contribution in [3.8, 4) is 28.4 Å². The summed E-state index contributed by atoms with van der Waals surface area (Å²) in [5.74, 6) is 0.194. The second-order valence-corrected chi connectivity index (χ2v) is 9.02. The number of fused-ring (bicyclic) bond motifs is 1. The van der Waals surface area contributed by atoms with E-state index in [-0.39, 0.29) is 18.5 Å². The molecule has 1 fully saturated rings. The van der Waals surface area contributed by atoms with Crippen LogP contribution in [0, 0.1) is 11.3 Å². The summed E-state index contributed by atoms with van der Waals surface area (Å²) in [5.41, 5.74) is 1.86. The zero-order valence-electron chi connectivity index (χ0n) is 20.2. The predicted molar refractivity (Wildman–Crippen MR) is 127 cm³/mol. The first-order valence-electron chi connectivity index (χ1n) is 11.9. The van der Waals surface area contributed by atoms with Crippen LogP contribution in [0.1, 0.15) is 61.9 Å². The van der Waals surface area contributed by atoms with E-state index < -0.39 is 17.5 Å². The normalized spacial score (nSPS) is 16.9. The van der Waals surface area contributed by atoms with Crippen molar-refractivity contribution in [1.82, 2.24) is 0 Å². The number of carboxylic acid groups (broad SMARTS) is 1. The van der Waals surface area contributed by atoms with Crippen molar-refractivity contribution in [2.75, 3.05) is 14.2 Å². The fraction of sp³-hybridized carbons (Fsp3) is 0.481. The number of carboxylic acids is 1. The highest BCUT2D eigenvalue weighted by molar-refractivity contribution is 5.96. The van der Waals surface area contributed by atoms with Crippen molar-refractivity contribution in [1.29, 1.82) is 0 Å². The van der Waals surface area contributed by atoms with Gasteiger partial charge < -0.3 is 24.1 Å². The number of rotatable bonds is 10. The molecule has 0 radical (unpaired) electrons. The van der Waals surface area contributed by atoms with Gasteiger partial charge in [0.1, 0.15) is 18.1 Å². The van der Waals surface area contributed by atoms with E-state index in [1.54, 1.807) is 26.4 Å². The molecule has 1 aliphatic heterocycles. The summed E-state index contributed by atoms with van der Waals surface area (Å²) < 4.78 is 23.3. The first-order chi connectivity index (χ1) is 16.4. The molecule has 7 nitrogen and oxygen atoms in total. The van der Waals surface area contributed by atoms with Crippen molar-refractivity contribution < 1.29 is 33.6 Å². The quantitative estimate of drug-likeness (QED) is 0.462. The SMILES string of the molecule is CCC(CC)C(Oc1c(-c2cccc3c2COC3=O)ccc(OC)c1OC)C1(C(=O)O)CCC1. The molecular formula is C27H32O7. The smallest absolute Gasteiger partial charge is 0.338 e. The van der Waals surface area contributed by atoms with Crippen LogP contribution in [-0.4, -0.2) is 37.4 Å². The largest absolute Gasteiger partial charge is 0.493 e. The summed E-state index contributed by atoms with van der Waals surface area (Å²) in [5, 5.41) is 10.3. The maximum absolute atomic E-state index is 12.5. The summed E-state index contributed by atoms with van der Waals surface area (Å²) in [6.07, 6.45) is 3.06. The molecule has 1 N–H and O–H groups in total. The molecule has 0 bridgehead atoms. The highest BCUT2D eigenvalue weighted by Crippen LogP contribution is 2.53. The third-order valence-electron chi connectivity index (χ3n) is 7.47. The van der Waals surface area contributed by atoms with Gasteiger partial charge >= 0.3 is 11.9 Å². The van der Waals surface area contributed by atoms with Crippen LogP contribution in [0.4, 0.5) is 0 Å². The third kappa shape index (κ3) is 3.77. The van der Waals surface area contributed by atoms with Crippen LogP contribution in [0.2, 0.25) is 0 Å². The van der Waals surface area contributed by atoms with Crippen molar-refractivity contribution >= 4 is 11.9 Å². The maximum atomic E-state index is 12.5. The van der Waals surface area contributed by atoms with Crippen LogP contribution in [0.3, 0.4) is 0 Å². The first kappa shape index (κ1) is 23.9. The fourth-order valence-electron chi connectivity index (χ4n) is 5.31. The molecule has 0 aromatic heterocycles. The number of methoxy groups -OCH3 is 2. The molecule has 1 heterocycles. The zero-order valence-corrected chi connectivity index (χ0v) is 20.2. The van der Waals surface area contributed by atoms with Gasteiger partial charge in [-0.3, -0.25) is 4.79 Å². The number of benzene rings is 2. The maximum Gasteiger partial charge on any atom is 0.338 e. The number of carbonyl (C=O) groups is 2. The fourth-order valence-corrected chi connectivity index (χ4v) is 5.31. The molecule has 1 unspecified atom stereocenters. The number of aliphatic carboxylic acids is 1. The van der Waals surface area contributed by atoms with Crippen molar-refractivity contribution in [2.24, 2.45) is 11.3 Å². The summed E-state index contributed by atoms with van der Waals surface area (Å²) >= 11 is 0. The number of esters is 1. The minimum Gasteiger partial charge on any atom is -0.493 e. The van der Waals surface area contributed by atoms with Gasteiger partial charge in [-0.1, -0.05) is 32.4 Å². The number of ether oxygens (including phenoxy) is 4.